The van der Waals surface area contributed by atoms with Gasteiger partial charge in [0.1, 0.15) is 0 Å². The molecule has 6 heteroatoms. The van der Waals surface area contributed by atoms with Crippen LogP contribution in [0.25, 0.3) is 0 Å². The zero-order valence-corrected chi connectivity index (χ0v) is 17.6. The molecule has 0 aromatic heterocycles. The third-order valence-corrected chi connectivity index (χ3v) is 8.00. The zero-order valence-electron chi connectivity index (χ0n) is 16.7. The third-order valence-electron chi connectivity index (χ3n) is 6.72. The number of carbonyl (C=O) groups is 1. The van der Waals surface area contributed by atoms with Crippen molar-refractivity contribution >= 4 is 17.7 Å². The molecular weight excluding hydrogens is 362 g/mol. The fourth-order valence-electron chi connectivity index (χ4n) is 5.14. The Morgan fingerprint density at radius 2 is 1.93 bits per heavy atom. The van der Waals surface area contributed by atoms with Crippen molar-refractivity contribution in [1.82, 2.24) is 5.48 Å². The van der Waals surface area contributed by atoms with Crippen molar-refractivity contribution in [3.8, 4) is 0 Å². The van der Waals surface area contributed by atoms with Gasteiger partial charge in [-0.05, 0) is 62.5 Å². The van der Waals surface area contributed by atoms with E-state index in [0.717, 1.165) is 37.7 Å². The van der Waals surface area contributed by atoms with Crippen LogP contribution in [0.1, 0.15) is 71.1 Å². The van der Waals surface area contributed by atoms with E-state index in [1.165, 1.54) is 44.9 Å². The molecule has 5 unspecified atom stereocenters. The van der Waals surface area contributed by atoms with Crippen molar-refractivity contribution in [3.05, 3.63) is 0 Å². The van der Waals surface area contributed by atoms with Gasteiger partial charge in [0.2, 0.25) is 5.91 Å². The number of ether oxygens (including phenoxy) is 2. The highest BCUT2D eigenvalue weighted by Crippen LogP contribution is 2.45. The second-order valence-corrected chi connectivity index (χ2v) is 10.2. The number of rotatable bonds is 12. The summed E-state index contributed by atoms with van der Waals surface area (Å²) in [4.78, 5) is 11.1. The monoisotopic (exact) mass is 399 g/mol. The number of thioether (sulfide) groups is 1. The predicted molar refractivity (Wildman–Crippen MR) is 108 cm³/mol. The van der Waals surface area contributed by atoms with Crippen molar-refractivity contribution in [2.45, 2.75) is 88.6 Å². The lowest BCUT2D eigenvalue weighted by Crippen LogP contribution is -2.32. The van der Waals surface area contributed by atoms with Gasteiger partial charge < -0.3 is 9.47 Å². The van der Waals surface area contributed by atoms with Crippen LogP contribution >= 0.6 is 11.8 Å². The second kappa shape index (κ2) is 11.0. The van der Waals surface area contributed by atoms with Crippen LogP contribution in [-0.2, 0) is 14.3 Å². The molecular formula is C21H37NO4S. The largest absolute Gasteiger partial charge is 0.381 e. The van der Waals surface area contributed by atoms with Gasteiger partial charge in [0.25, 0.3) is 0 Å². The first kappa shape index (κ1) is 21.4. The number of hydrogen-bond donors (Lipinski definition) is 2. The molecule has 3 fully saturated rings. The minimum atomic E-state index is -0.285. The Morgan fingerprint density at radius 1 is 1.19 bits per heavy atom. The second-order valence-electron chi connectivity index (χ2n) is 8.70. The van der Waals surface area contributed by atoms with Crippen LogP contribution in [-0.4, -0.2) is 47.5 Å². The fourth-order valence-corrected chi connectivity index (χ4v) is 6.29. The standard InChI is InChI=1S/C21H37NO4S/c1-15(5-4-8-21(23)22-24)27-12-11-17-18(20-10-9-19(17)26-20)14-25-13-16-6-2-3-7-16/h15-20,24H,2-14H2,1H3,(H,22,23). The molecule has 3 aliphatic rings. The van der Waals surface area contributed by atoms with Gasteiger partial charge in [-0.1, -0.05) is 19.8 Å². The van der Waals surface area contributed by atoms with Crippen LogP contribution in [0.5, 0.6) is 0 Å². The summed E-state index contributed by atoms with van der Waals surface area (Å²) < 4.78 is 12.4. The van der Waals surface area contributed by atoms with Crippen molar-refractivity contribution in [2.75, 3.05) is 19.0 Å². The lowest BCUT2D eigenvalue weighted by Gasteiger charge is -2.28. The molecule has 1 aliphatic carbocycles. The van der Waals surface area contributed by atoms with E-state index in [4.69, 9.17) is 14.7 Å². The summed E-state index contributed by atoms with van der Waals surface area (Å²) in [5, 5.41) is 9.08. The first-order valence-electron chi connectivity index (χ1n) is 10.9. The maximum absolute atomic E-state index is 11.1. The van der Waals surface area contributed by atoms with Crippen LogP contribution in [0.15, 0.2) is 0 Å². The molecule has 0 aromatic carbocycles. The van der Waals surface area contributed by atoms with E-state index in [0.29, 0.717) is 35.7 Å². The average Bonchev–Trinajstić information content (AvgIpc) is 3.40. The minimum absolute atomic E-state index is 0.285. The molecule has 3 rings (SSSR count). The highest BCUT2D eigenvalue weighted by Gasteiger charge is 2.48. The highest BCUT2D eigenvalue weighted by atomic mass is 32.2. The highest BCUT2D eigenvalue weighted by molar-refractivity contribution is 7.99. The van der Waals surface area contributed by atoms with E-state index in [1.54, 1.807) is 5.48 Å². The average molecular weight is 400 g/mol. The minimum Gasteiger partial charge on any atom is -0.381 e. The molecule has 2 N–H and O–H groups in total. The Bertz CT molecular complexity index is 457. The molecule has 27 heavy (non-hydrogen) atoms. The molecule has 5 nitrogen and oxygen atoms in total. The van der Waals surface area contributed by atoms with Gasteiger partial charge in [-0.2, -0.15) is 11.8 Å². The topological polar surface area (TPSA) is 67.8 Å². The van der Waals surface area contributed by atoms with Crippen LogP contribution in [0.3, 0.4) is 0 Å². The number of nitrogens with one attached hydrogen (secondary N) is 1. The molecule has 1 amide bonds. The Morgan fingerprint density at radius 3 is 2.67 bits per heavy atom. The van der Waals surface area contributed by atoms with E-state index in [1.807, 2.05) is 11.8 Å². The Balaban J connectivity index is 1.33. The van der Waals surface area contributed by atoms with Gasteiger partial charge >= 0.3 is 0 Å². The van der Waals surface area contributed by atoms with Gasteiger partial charge in [0, 0.05) is 24.2 Å². The van der Waals surface area contributed by atoms with E-state index >= 15 is 0 Å². The Kier molecular flexibility index (Phi) is 8.75. The molecule has 156 valence electrons. The summed E-state index contributed by atoms with van der Waals surface area (Å²) in [6.45, 7) is 4.08. The van der Waals surface area contributed by atoms with Crippen molar-refractivity contribution < 1.29 is 19.5 Å². The van der Waals surface area contributed by atoms with Crippen molar-refractivity contribution in [1.29, 1.82) is 0 Å². The van der Waals surface area contributed by atoms with Gasteiger partial charge in [-0.15, -0.1) is 0 Å². The molecule has 2 aliphatic heterocycles. The SMILES string of the molecule is CC(CCCC(=O)NO)SCCC1C2CCC(O2)C1COCC1CCCC1. The van der Waals surface area contributed by atoms with Gasteiger partial charge in [0.05, 0.1) is 18.8 Å². The van der Waals surface area contributed by atoms with E-state index in [-0.39, 0.29) is 5.91 Å². The van der Waals surface area contributed by atoms with E-state index in [9.17, 15) is 4.79 Å². The first-order chi connectivity index (χ1) is 13.2. The van der Waals surface area contributed by atoms with E-state index in [2.05, 4.69) is 6.92 Å². The fraction of sp³-hybridized carbons (Fsp3) is 0.952. The molecule has 0 radical (unpaired) electrons. The van der Waals surface area contributed by atoms with Crippen molar-refractivity contribution in [2.24, 2.45) is 17.8 Å². The zero-order chi connectivity index (χ0) is 19.1. The lowest BCUT2D eigenvalue weighted by molar-refractivity contribution is -0.129. The van der Waals surface area contributed by atoms with Crippen molar-refractivity contribution in [3.63, 3.8) is 0 Å². The summed E-state index contributed by atoms with van der Waals surface area (Å²) in [5.74, 6) is 2.92. The number of fused-ring (bicyclic) bond motifs is 2. The maximum Gasteiger partial charge on any atom is 0.243 e. The summed E-state index contributed by atoms with van der Waals surface area (Å²) in [5.41, 5.74) is 1.70. The smallest absolute Gasteiger partial charge is 0.243 e. The number of carbonyl (C=O) groups excluding carboxylic acids is 1. The number of amides is 1. The summed E-state index contributed by atoms with van der Waals surface area (Å²) in [6.07, 6.45) is 12.3. The van der Waals surface area contributed by atoms with Crippen LogP contribution in [0, 0.1) is 17.8 Å². The van der Waals surface area contributed by atoms with Gasteiger partial charge in [-0.25, -0.2) is 5.48 Å². The van der Waals surface area contributed by atoms with Crippen LogP contribution in [0.2, 0.25) is 0 Å². The molecule has 5 atom stereocenters. The summed E-state index contributed by atoms with van der Waals surface area (Å²) in [7, 11) is 0. The van der Waals surface area contributed by atoms with Gasteiger partial charge in [0.15, 0.2) is 0 Å². The number of hydroxylamine groups is 1. The Hall–Kier alpha value is -0.300. The summed E-state index contributed by atoms with van der Waals surface area (Å²) >= 11 is 2.01. The normalized spacial score (nSPS) is 31.5. The molecule has 2 saturated heterocycles. The third kappa shape index (κ3) is 6.34. The lowest BCUT2D eigenvalue weighted by atomic mass is 9.78. The van der Waals surface area contributed by atoms with Crippen LogP contribution < -0.4 is 5.48 Å². The quantitative estimate of drug-likeness (QED) is 0.381. The molecule has 2 bridgehead atoms. The van der Waals surface area contributed by atoms with E-state index < -0.39 is 0 Å². The predicted octanol–water partition coefficient (Wildman–Crippen LogP) is 4.17. The maximum atomic E-state index is 11.1. The Labute approximate surface area is 168 Å². The van der Waals surface area contributed by atoms with Gasteiger partial charge in [-0.3, -0.25) is 10.0 Å². The molecule has 1 saturated carbocycles. The first-order valence-corrected chi connectivity index (χ1v) is 12.0. The summed E-state index contributed by atoms with van der Waals surface area (Å²) in [6, 6.07) is 0. The van der Waals surface area contributed by atoms with Crippen LogP contribution in [0.4, 0.5) is 0 Å². The molecule has 0 spiro atoms. The number of hydrogen-bond acceptors (Lipinski definition) is 5. The molecule has 0 aromatic rings. The molecule has 2 heterocycles.